The fraction of sp³-hybridized carbons (Fsp3) is 0.960. The normalized spacial score (nSPS) is 25.5. The largest absolute Gasteiger partial charge is 0.481 e. The molecule has 32 heavy (non-hydrogen) atoms. The molecule has 1 rings (SSSR count). The average Bonchev–Trinajstić information content (AvgIpc) is 2.71. The van der Waals surface area contributed by atoms with Crippen LogP contribution in [0.15, 0.2) is 0 Å². The van der Waals surface area contributed by atoms with Crippen LogP contribution in [0.25, 0.3) is 0 Å². The molecular formula is C25H48O7. The van der Waals surface area contributed by atoms with E-state index >= 15 is 0 Å². The molecule has 6 unspecified atom stereocenters. The molecular weight excluding hydrogens is 412 g/mol. The first kappa shape index (κ1) is 29.3. The Morgan fingerprint density at radius 3 is 1.84 bits per heavy atom. The van der Waals surface area contributed by atoms with Crippen molar-refractivity contribution in [1.82, 2.24) is 0 Å². The van der Waals surface area contributed by atoms with Gasteiger partial charge in [0.1, 0.15) is 6.10 Å². The van der Waals surface area contributed by atoms with Gasteiger partial charge in [-0.15, -0.1) is 0 Å². The van der Waals surface area contributed by atoms with Gasteiger partial charge >= 0.3 is 5.97 Å². The van der Waals surface area contributed by atoms with Crippen LogP contribution < -0.4 is 0 Å². The number of aliphatic hydroxyl groups excluding tert-OH is 3. The first-order valence-electron chi connectivity index (χ1n) is 12.9. The molecule has 1 aliphatic heterocycles. The highest BCUT2D eigenvalue weighted by molar-refractivity contribution is 5.67. The first-order valence-corrected chi connectivity index (χ1v) is 12.9. The number of ether oxygens (including phenoxy) is 2. The van der Waals surface area contributed by atoms with Gasteiger partial charge in [0.25, 0.3) is 0 Å². The summed E-state index contributed by atoms with van der Waals surface area (Å²) in [6, 6.07) is 0. The second-order valence-electron chi connectivity index (χ2n) is 9.60. The lowest BCUT2D eigenvalue weighted by molar-refractivity contribution is -0.273. The van der Waals surface area contributed by atoms with Gasteiger partial charge in [-0.3, -0.25) is 4.79 Å². The van der Waals surface area contributed by atoms with Crippen LogP contribution in [0.5, 0.6) is 0 Å². The van der Waals surface area contributed by atoms with Crippen molar-refractivity contribution < 1.29 is 34.7 Å². The minimum Gasteiger partial charge on any atom is -0.481 e. The van der Waals surface area contributed by atoms with E-state index in [4.69, 9.17) is 14.6 Å². The lowest BCUT2D eigenvalue weighted by Gasteiger charge is -2.36. The van der Waals surface area contributed by atoms with E-state index in [0.29, 0.717) is 12.8 Å². The van der Waals surface area contributed by atoms with Gasteiger partial charge in [-0.2, -0.15) is 0 Å². The maximum Gasteiger partial charge on any atom is 0.305 e. The Balaban J connectivity index is 1.84. The van der Waals surface area contributed by atoms with E-state index in [9.17, 15) is 20.1 Å². The van der Waals surface area contributed by atoms with E-state index in [1.165, 1.54) is 57.8 Å². The smallest absolute Gasteiger partial charge is 0.305 e. The van der Waals surface area contributed by atoms with Crippen LogP contribution in [0.2, 0.25) is 0 Å². The average molecular weight is 461 g/mol. The number of unbranched alkanes of at least 4 members (excludes halogenated alkanes) is 11. The third-order valence-corrected chi connectivity index (χ3v) is 6.36. The van der Waals surface area contributed by atoms with Gasteiger partial charge in [0.05, 0.1) is 30.8 Å². The van der Waals surface area contributed by atoms with Gasteiger partial charge in [0.15, 0.2) is 6.29 Å². The van der Waals surface area contributed by atoms with Gasteiger partial charge in [-0.1, -0.05) is 77.0 Å². The maximum atomic E-state index is 10.5. The Hall–Kier alpha value is -0.730. The molecule has 0 aromatic rings. The maximum absolute atomic E-state index is 10.5. The number of hydrogen-bond donors (Lipinski definition) is 4. The third kappa shape index (κ3) is 14.4. The van der Waals surface area contributed by atoms with E-state index in [1.54, 1.807) is 6.92 Å². The molecule has 7 nitrogen and oxygen atoms in total. The second-order valence-corrected chi connectivity index (χ2v) is 9.60. The molecule has 0 saturated carbocycles. The van der Waals surface area contributed by atoms with Gasteiger partial charge in [-0.25, -0.2) is 0 Å². The van der Waals surface area contributed by atoms with Crippen molar-refractivity contribution >= 4 is 5.97 Å². The van der Waals surface area contributed by atoms with Gasteiger partial charge < -0.3 is 29.9 Å². The number of rotatable bonds is 19. The van der Waals surface area contributed by atoms with Gasteiger partial charge in [0.2, 0.25) is 0 Å². The Labute approximate surface area is 194 Å². The molecule has 0 aromatic carbocycles. The molecule has 4 N–H and O–H groups in total. The fourth-order valence-corrected chi connectivity index (χ4v) is 4.25. The molecule has 1 heterocycles. The summed E-state index contributed by atoms with van der Waals surface area (Å²) < 4.78 is 11.4. The summed E-state index contributed by atoms with van der Waals surface area (Å²) in [4.78, 5) is 10.5. The number of hydrogen-bond acceptors (Lipinski definition) is 6. The summed E-state index contributed by atoms with van der Waals surface area (Å²) in [5, 5.41) is 37.8. The van der Waals surface area contributed by atoms with E-state index in [-0.39, 0.29) is 18.6 Å². The SMILES string of the molecule is CC(CCCCCCCCCCCCCCC(O)CC(=O)O)OC1OC(C)C(O)CC1O. The molecule has 0 radical (unpaired) electrons. The molecule has 0 aliphatic carbocycles. The van der Waals surface area contributed by atoms with Crippen LogP contribution in [0, 0.1) is 0 Å². The van der Waals surface area contributed by atoms with Crippen LogP contribution in [-0.4, -0.2) is 63.2 Å². The van der Waals surface area contributed by atoms with Crippen molar-refractivity contribution in [3.05, 3.63) is 0 Å². The van der Waals surface area contributed by atoms with Crippen molar-refractivity contribution in [2.45, 2.75) is 153 Å². The third-order valence-electron chi connectivity index (χ3n) is 6.36. The minimum absolute atomic E-state index is 0.0394. The van der Waals surface area contributed by atoms with Crippen LogP contribution in [0.4, 0.5) is 0 Å². The van der Waals surface area contributed by atoms with Crippen LogP contribution in [-0.2, 0) is 14.3 Å². The molecule has 0 aromatic heterocycles. The molecule has 0 bridgehead atoms. The zero-order valence-corrected chi connectivity index (χ0v) is 20.3. The number of carboxylic acids is 1. The monoisotopic (exact) mass is 460 g/mol. The van der Waals surface area contributed by atoms with Crippen LogP contribution in [0.3, 0.4) is 0 Å². The van der Waals surface area contributed by atoms with E-state index in [1.807, 2.05) is 6.92 Å². The fourth-order valence-electron chi connectivity index (χ4n) is 4.25. The highest BCUT2D eigenvalue weighted by Gasteiger charge is 2.35. The summed E-state index contributed by atoms with van der Waals surface area (Å²) in [6.45, 7) is 3.82. The summed E-state index contributed by atoms with van der Waals surface area (Å²) in [6.07, 6.45) is 13.1. The topological polar surface area (TPSA) is 116 Å². The summed E-state index contributed by atoms with van der Waals surface area (Å²) in [5.41, 5.74) is 0. The lowest BCUT2D eigenvalue weighted by atomic mass is 10.0. The van der Waals surface area contributed by atoms with Crippen molar-refractivity contribution in [3.8, 4) is 0 Å². The van der Waals surface area contributed by atoms with Crippen molar-refractivity contribution in [2.75, 3.05) is 0 Å². The van der Waals surface area contributed by atoms with Crippen LogP contribution >= 0.6 is 0 Å². The molecule has 6 atom stereocenters. The van der Waals surface area contributed by atoms with Crippen molar-refractivity contribution in [1.29, 1.82) is 0 Å². The number of aliphatic carboxylic acids is 1. The standard InChI is InChI=1S/C25H48O7/c1-19(31-25-23(28)18-22(27)20(2)32-25)15-13-11-9-7-5-3-4-6-8-10-12-14-16-21(26)17-24(29)30/h19-23,25-28H,3-18H2,1-2H3,(H,29,30). The molecule has 1 fully saturated rings. The highest BCUT2D eigenvalue weighted by atomic mass is 16.7. The molecule has 0 amide bonds. The Kier molecular flexibility index (Phi) is 16.2. The molecule has 1 aliphatic rings. The summed E-state index contributed by atoms with van der Waals surface area (Å²) in [7, 11) is 0. The number of aliphatic hydroxyl groups is 3. The second kappa shape index (κ2) is 17.7. The predicted molar refractivity (Wildman–Crippen MR) is 124 cm³/mol. The van der Waals surface area contributed by atoms with Gasteiger partial charge in [0, 0.05) is 6.42 Å². The zero-order valence-electron chi connectivity index (χ0n) is 20.3. The number of carboxylic acid groups (broad SMARTS) is 1. The molecule has 7 heteroatoms. The predicted octanol–water partition coefficient (Wildman–Crippen LogP) is 4.55. The Morgan fingerprint density at radius 2 is 1.34 bits per heavy atom. The zero-order chi connectivity index (χ0) is 23.8. The van der Waals surface area contributed by atoms with Gasteiger partial charge in [-0.05, 0) is 26.7 Å². The van der Waals surface area contributed by atoms with Crippen molar-refractivity contribution in [3.63, 3.8) is 0 Å². The summed E-state index contributed by atoms with van der Waals surface area (Å²) in [5.74, 6) is -0.927. The first-order chi connectivity index (χ1) is 15.3. The highest BCUT2D eigenvalue weighted by Crippen LogP contribution is 2.23. The minimum atomic E-state index is -0.927. The molecule has 1 saturated heterocycles. The van der Waals surface area contributed by atoms with Crippen molar-refractivity contribution in [2.24, 2.45) is 0 Å². The Bertz CT molecular complexity index is 473. The molecule has 0 spiro atoms. The van der Waals surface area contributed by atoms with Crippen LogP contribution in [0.1, 0.15) is 117 Å². The quantitative estimate of drug-likeness (QED) is 0.209. The molecule has 190 valence electrons. The van der Waals surface area contributed by atoms with E-state index in [2.05, 4.69) is 0 Å². The Morgan fingerprint density at radius 1 is 0.875 bits per heavy atom. The van der Waals surface area contributed by atoms with E-state index < -0.39 is 30.6 Å². The number of carbonyl (C=O) groups is 1. The van der Waals surface area contributed by atoms with E-state index in [0.717, 1.165) is 25.7 Å². The summed E-state index contributed by atoms with van der Waals surface area (Å²) >= 11 is 0. The lowest BCUT2D eigenvalue weighted by Crippen LogP contribution is -2.48.